The largest absolute Gasteiger partial charge is 0.320 e. The Morgan fingerprint density at radius 3 is 2.95 bits per heavy atom. The number of aryl methyl sites for hydroxylation is 1. The molecule has 4 heteroatoms. The number of hydrogen-bond acceptors (Lipinski definition) is 3. The molecule has 3 rings (SSSR count). The van der Waals surface area contributed by atoms with Crippen LogP contribution >= 0.6 is 0 Å². The number of pyridine rings is 1. The van der Waals surface area contributed by atoms with Gasteiger partial charge in [-0.1, -0.05) is 12.1 Å². The minimum atomic E-state index is -0.148. The van der Waals surface area contributed by atoms with E-state index in [0.717, 1.165) is 28.6 Å². The Morgan fingerprint density at radius 2 is 2.16 bits per heavy atom. The first-order valence-corrected chi connectivity index (χ1v) is 6.40. The lowest BCUT2D eigenvalue weighted by molar-refractivity contribution is 0.658. The summed E-state index contributed by atoms with van der Waals surface area (Å²) in [7, 11) is 0. The number of fused-ring (bicyclic) bond motifs is 1. The quantitative estimate of drug-likeness (QED) is 0.779. The van der Waals surface area contributed by atoms with Crippen LogP contribution in [-0.4, -0.2) is 14.8 Å². The molecule has 0 amide bonds. The van der Waals surface area contributed by atoms with E-state index in [4.69, 9.17) is 5.73 Å². The molecule has 96 valence electrons. The molecule has 0 aliphatic heterocycles. The van der Waals surface area contributed by atoms with Crippen LogP contribution in [0.5, 0.6) is 0 Å². The van der Waals surface area contributed by atoms with Crippen LogP contribution in [0.25, 0.3) is 10.9 Å². The van der Waals surface area contributed by atoms with Crippen molar-refractivity contribution in [1.29, 1.82) is 0 Å². The third-order valence-electron chi connectivity index (χ3n) is 3.32. The highest BCUT2D eigenvalue weighted by molar-refractivity contribution is 5.79. The summed E-state index contributed by atoms with van der Waals surface area (Å²) in [5.74, 6) is 0. The highest BCUT2D eigenvalue weighted by Gasteiger charge is 2.11. The summed E-state index contributed by atoms with van der Waals surface area (Å²) in [5, 5.41) is 5.38. The van der Waals surface area contributed by atoms with Crippen molar-refractivity contribution in [3.63, 3.8) is 0 Å². The van der Waals surface area contributed by atoms with Crippen LogP contribution in [0.2, 0.25) is 0 Å². The molecule has 3 aromatic rings. The van der Waals surface area contributed by atoms with Gasteiger partial charge in [0.15, 0.2) is 0 Å². The van der Waals surface area contributed by atoms with Gasteiger partial charge >= 0.3 is 0 Å². The van der Waals surface area contributed by atoms with Crippen molar-refractivity contribution in [1.82, 2.24) is 14.8 Å². The zero-order valence-electron chi connectivity index (χ0n) is 10.8. The zero-order valence-corrected chi connectivity index (χ0v) is 10.8. The molecule has 2 heterocycles. The van der Waals surface area contributed by atoms with E-state index >= 15 is 0 Å². The number of hydrogen-bond donors (Lipinski definition) is 1. The molecule has 1 unspecified atom stereocenters. The molecule has 0 aliphatic carbocycles. The first kappa shape index (κ1) is 11.9. The van der Waals surface area contributed by atoms with E-state index < -0.39 is 0 Å². The lowest BCUT2D eigenvalue weighted by Gasteiger charge is -2.10. The average Bonchev–Trinajstić information content (AvgIpc) is 2.95. The highest BCUT2D eigenvalue weighted by Crippen LogP contribution is 2.22. The second-order valence-electron chi connectivity index (χ2n) is 4.56. The van der Waals surface area contributed by atoms with Crippen LogP contribution < -0.4 is 5.73 Å². The molecule has 1 atom stereocenters. The molecule has 2 N–H and O–H groups in total. The van der Waals surface area contributed by atoms with E-state index in [-0.39, 0.29) is 6.04 Å². The van der Waals surface area contributed by atoms with Crippen LogP contribution in [0.4, 0.5) is 0 Å². The van der Waals surface area contributed by atoms with Crippen molar-refractivity contribution in [2.45, 2.75) is 19.5 Å². The van der Waals surface area contributed by atoms with Crippen molar-refractivity contribution in [2.24, 2.45) is 5.73 Å². The normalized spacial score (nSPS) is 12.7. The van der Waals surface area contributed by atoms with Crippen molar-refractivity contribution >= 4 is 10.9 Å². The van der Waals surface area contributed by atoms with Gasteiger partial charge in [-0.15, -0.1) is 0 Å². The number of benzene rings is 1. The van der Waals surface area contributed by atoms with Gasteiger partial charge in [0.1, 0.15) is 0 Å². The Hall–Kier alpha value is -2.20. The van der Waals surface area contributed by atoms with Gasteiger partial charge < -0.3 is 5.73 Å². The molecule has 19 heavy (non-hydrogen) atoms. The fourth-order valence-corrected chi connectivity index (χ4v) is 2.19. The summed E-state index contributed by atoms with van der Waals surface area (Å²) in [4.78, 5) is 4.31. The maximum atomic E-state index is 6.30. The van der Waals surface area contributed by atoms with Gasteiger partial charge in [0.05, 0.1) is 17.8 Å². The summed E-state index contributed by atoms with van der Waals surface area (Å²) >= 11 is 0. The van der Waals surface area contributed by atoms with Gasteiger partial charge in [-0.3, -0.25) is 9.67 Å². The number of rotatable bonds is 3. The number of aromatic nitrogens is 3. The van der Waals surface area contributed by atoms with Crippen LogP contribution in [0.3, 0.4) is 0 Å². The summed E-state index contributed by atoms with van der Waals surface area (Å²) in [5.41, 5.74) is 9.40. The highest BCUT2D eigenvalue weighted by atomic mass is 15.3. The molecular weight excluding hydrogens is 236 g/mol. The van der Waals surface area contributed by atoms with Crippen molar-refractivity contribution in [3.8, 4) is 0 Å². The van der Waals surface area contributed by atoms with Gasteiger partial charge in [0, 0.05) is 29.9 Å². The van der Waals surface area contributed by atoms with Crippen LogP contribution in [-0.2, 0) is 6.54 Å². The summed E-state index contributed by atoms with van der Waals surface area (Å²) in [6.07, 6.45) is 5.63. The van der Waals surface area contributed by atoms with E-state index in [9.17, 15) is 0 Å². The SMILES string of the molecule is CCn1cc(C(N)c2ccc3ncccc3c2)cn1. The Morgan fingerprint density at radius 1 is 1.26 bits per heavy atom. The average molecular weight is 252 g/mol. The molecule has 0 saturated heterocycles. The molecule has 0 aliphatic rings. The summed E-state index contributed by atoms with van der Waals surface area (Å²) < 4.78 is 1.89. The first-order valence-electron chi connectivity index (χ1n) is 6.40. The summed E-state index contributed by atoms with van der Waals surface area (Å²) in [6, 6.07) is 9.97. The van der Waals surface area contributed by atoms with Gasteiger partial charge in [0.2, 0.25) is 0 Å². The lowest BCUT2D eigenvalue weighted by atomic mass is 10.0. The number of nitrogens with zero attached hydrogens (tertiary/aromatic N) is 3. The topological polar surface area (TPSA) is 56.7 Å². The molecular formula is C15H16N4. The molecule has 2 aromatic heterocycles. The Kier molecular flexibility index (Phi) is 3.01. The minimum absolute atomic E-state index is 0.148. The first-order chi connectivity index (χ1) is 9.28. The van der Waals surface area contributed by atoms with Crippen LogP contribution in [0, 0.1) is 0 Å². The molecule has 1 aromatic carbocycles. The Labute approximate surface area is 111 Å². The molecule has 0 spiro atoms. The second-order valence-corrected chi connectivity index (χ2v) is 4.56. The van der Waals surface area contributed by atoms with Crippen LogP contribution in [0.15, 0.2) is 48.9 Å². The van der Waals surface area contributed by atoms with E-state index in [0.29, 0.717) is 0 Å². The van der Waals surface area contributed by atoms with E-state index in [1.54, 1.807) is 6.20 Å². The van der Waals surface area contributed by atoms with Gasteiger partial charge in [-0.05, 0) is 30.7 Å². The number of nitrogens with two attached hydrogens (primary N) is 1. The smallest absolute Gasteiger partial charge is 0.0702 e. The van der Waals surface area contributed by atoms with Gasteiger partial charge in [0.25, 0.3) is 0 Å². The predicted octanol–water partition coefficient (Wildman–Crippen LogP) is 2.50. The standard InChI is InChI=1S/C15H16N4/c1-2-19-10-13(9-18-19)15(16)12-5-6-14-11(8-12)4-3-7-17-14/h3-10,15H,2,16H2,1H3. The molecule has 0 radical (unpaired) electrons. The molecule has 4 nitrogen and oxygen atoms in total. The second kappa shape index (κ2) is 4.82. The Balaban J connectivity index is 1.98. The predicted molar refractivity (Wildman–Crippen MR) is 75.7 cm³/mol. The summed E-state index contributed by atoms with van der Waals surface area (Å²) in [6.45, 7) is 2.92. The van der Waals surface area contributed by atoms with Gasteiger partial charge in [-0.25, -0.2) is 0 Å². The maximum Gasteiger partial charge on any atom is 0.0702 e. The monoisotopic (exact) mass is 252 g/mol. The van der Waals surface area contributed by atoms with E-state index in [1.807, 2.05) is 41.3 Å². The Bertz CT molecular complexity index is 702. The fourth-order valence-electron chi connectivity index (χ4n) is 2.19. The lowest BCUT2D eigenvalue weighted by Crippen LogP contribution is -2.11. The van der Waals surface area contributed by atoms with Gasteiger partial charge in [-0.2, -0.15) is 5.10 Å². The molecule has 0 saturated carbocycles. The maximum absolute atomic E-state index is 6.30. The van der Waals surface area contributed by atoms with Crippen molar-refractivity contribution in [2.75, 3.05) is 0 Å². The molecule has 0 fully saturated rings. The van der Waals surface area contributed by atoms with E-state index in [1.165, 1.54) is 0 Å². The third kappa shape index (κ3) is 2.22. The van der Waals surface area contributed by atoms with Crippen molar-refractivity contribution in [3.05, 3.63) is 60.0 Å². The van der Waals surface area contributed by atoms with Crippen LogP contribution in [0.1, 0.15) is 24.1 Å². The van der Waals surface area contributed by atoms with E-state index in [2.05, 4.69) is 23.1 Å². The van der Waals surface area contributed by atoms with Crippen molar-refractivity contribution < 1.29 is 0 Å². The minimum Gasteiger partial charge on any atom is -0.320 e. The zero-order chi connectivity index (χ0) is 13.2. The molecule has 0 bridgehead atoms. The third-order valence-corrected chi connectivity index (χ3v) is 3.32. The fraction of sp³-hybridized carbons (Fsp3) is 0.200.